The topological polar surface area (TPSA) is 96.8 Å². The molecular weight excluding hydrogens is 368 g/mol. The third-order valence-corrected chi connectivity index (χ3v) is 5.25. The minimum Gasteiger partial charge on any atom is -0.332 e. The molecule has 0 aromatic carbocycles. The summed E-state index contributed by atoms with van der Waals surface area (Å²) in [5, 5.41) is 4.42. The number of nitrogens with zero attached hydrogens (tertiary/aromatic N) is 5. The second-order valence-corrected chi connectivity index (χ2v) is 7.40. The summed E-state index contributed by atoms with van der Waals surface area (Å²) in [6.45, 7) is 5.14. The number of rotatable bonds is 5. The zero-order chi connectivity index (χ0) is 20.4. The third kappa shape index (κ3) is 4.11. The van der Waals surface area contributed by atoms with E-state index in [1.54, 1.807) is 12.4 Å². The Kier molecular flexibility index (Phi) is 5.24. The lowest BCUT2D eigenvalue weighted by Crippen LogP contribution is -2.33. The minimum atomic E-state index is -0.226. The zero-order valence-electron chi connectivity index (χ0n) is 16.6. The van der Waals surface area contributed by atoms with Crippen LogP contribution in [0.15, 0.2) is 41.5 Å². The number of aromatic nitrogens is 5. The van der Waals surface area contributed by atoms with Crippen molar-refractivity contribution in [1.29, 1.82) is 0 Å². The van der Waals surface area contributed by atoms with Crippen molar-refractivity contribution in [2.45, 2.75) is 45.7 Å². The van der Waals surface area contributed by atoms with E-state index in [0.29, 0.717) is 31.0 Å². The minimum absolute atomic E-state index is 0.0504. The second-order valence-electron chi connectivity index (χ2n) is 7.40. The van der Waals surface area contributed by atoms with E-state index >= 15 is 0 Å². The van der Waals surface area contributed by atoms with E-state index in [-0.39, 0.29) is 17.5 Å². The number of likely N-dealkylation sites (tertiary alicyclic amines) is 1. The molecule has 8 nitrogen and oxygen atoms in total. The van der Waals surface area contributed by atoms with Crippen LogP contribution in [0.2, 0.25) is 0 Å². The SMILES string of the molecule is Cc1cc(C)n(CCC(=O)N2CCC[C@@H]2c2nc(-c3cccnc3)cc(=O)[nH]2)n1. The molecule has 0 unspecified atom stereocenters. The number of carbonyl (C=O) groups is 1. The molecule has 1 saturated heterocycles. The average Bonchev–Trinajstić information content (AvgIpc) is 3.32. The lowest BCUT2D eigenvalue weighted by molar-refractivity contribution is -0.132. The van der Waals surface area contributed by atoms with E-state index in [1.807, 2.05) is 41.6 Å². The maximum atomic E-state index is 12.9. The van der Waals surface area contributed by atoms with E-state index in [9.17, 15) is 9.59 Å². The molecular formula is C21H24N6O2. The first kappa shape index (κ1) is 19.0. The average molecular weight is 392 g/mol. The summed E-state index contributed by atoms with van der Waals surface area (Å²) >= 11 is 0. The van der Waals surface area contributed by atoms with Crippen molar-refractivity contribution < 1.29 is 4.79 Å². The Bertz CT molecular complexity index is 1070. The van der Waals surface area contributed by atoms with Crippen LogP contribution < -0.4 is 5.56 Å². The highest BCUT2D eigenvalue weighted by atomic mass is 16.2. The number of hydrogen-bond donors (Lipinski definition) is 1. The van der Waals surface area contributed by atoms with Crippen LogP contribution in [0.4, 0.5) is 0 Å². The summed E-state index contributed by atoms with van der Waals surface area (Å²) in [6, 6.07) is 6.92. The standard InChI is InChI=1S/C21H24N6O2/c1-14-11-15(2)27(25-14)10-7-20(29)26-9-4-6-18(26)21-23-17(12-19(28)24-21)16-5-3-8-22-13-16/h3,5,8,11-13,18H,4,6-7,9-10H2,1-2H3,(H,23,24,28)/t18-/m1/s1. The Morgan fingerprint density at radius 1 is 1.31 bits per heavy atom. The summed E-state index contributed by atoms with van der Waals surface area (Å²) < 4.78 is 1.86. The molecule has 0 aliphatic carbocycles. The van der Waals surface area contributed by atoms with Gasteiger partial charge in [-0.05, 0) is 44.9 Å². The quantitative estimate of drug-likeness (QED) is 0.719. The van der Waals surface area contributed by atoms with Crippen LogP contribution in [-0.4, -0.2) is 42.1 Å². The Hall–Kier alpha value is -3.29. The highest BCUT2D eigenvalue weighted by Gasteiger charge is 2.31. The van der Waals surface area contributed by atoms with Crippen LogP contribution in [0, 0.1) is 13.8 Å². The number of hydrogen-bond acceptors (Lipinski definition) is 5. The Labute approximate surface area is 168 Å². The maximum absolute atomic E-state index is 12.9. The first-order valence-corrected chi connectivity index (χ1v) is 9.83. The van der Waals surface area contributed by atoms with E-state index in [4.69, 9.17) is 0 Å². The van der Waals surface area contributed by atoms with Gasteiger partial charge >= 0.3 is 0 Å². The van der Waals surface area contributed by atoms with Gasteiger partial charge in [0, 0.05) is 49.2 Å². The van der Waals surface area contributed by atoms with Crippen LogP contribution in [-0.2, 0) is 11.3 Å². The first-order chi connectivity index (χ1) is 14.0. The van der Waals surface area contributed by atoms with E-state index < -0.39 is 0 Å². The zero-order valence-corrected chi connectivity index (χ0v) is 16.6. The normalized spacial score (nSPS) is 16.3. The molecule has 0 radical (unpaired) electrons. The van der Waals surface area contributed by atoms with Crippen LogP contribution >= 0.6 is 0 Å². The highest BCUT2D eigenvalue weighted by molar-refractivity contribution is 5.77. The van der Waals surface area contributed by atoms with Gasteiger partial charge in [0.1, 0.15) is 5.82 Å². The van der Waals surface area contributed by atoms with Crippen molar-refractivity contribution in [1.82, 2.24) is 29.6 Å². The first-order valence-electron chi connectivity index (χ1n) is 9.83. The number of amides is 1. The van der Waals surface area contributed by atoms with Crippen molar-refractivity contribution >= 4 is 5.91 Å². The molecule has 29 heavy (non-hydrogen) atoms. The molecule has 1 aliphatic rings. The fraction of sp³-hybridized carbons (Fsp3) is 0.381. The van der Waals surface area contributed by atoms with Gasteiger partial charge in [0.15, 0.2) is 0 Å². The van der Waals surface area contributed by atoms with E-state index in [0.717, 1.165) is 29.8 Å². The molecule has 3 aromatic rings. The maximum Gasteiger partial charge on any atom is 0.251 e. The molecule has 150 valence electrons. The molecule has 4 rings (SSSR count). The lowest BCUT2D eigenvalue weighted by Gasteiger charge is -2.24. The van der Waals surface area contributed by atoms with Crippen LogP contribution in [0.25, 0.3) is 11.3 Å². The largest absolute Gasteiger partial charge is 0.332 e. The second kappa shape index (κ2) is 7.98. The molecule has 1 atom stereocenters. The molecule has 4 heterocycles. The van der Waals surface area contributed by atoms with E-state index in [2.05, 4.69) is 20.1 Å². The number of carbonyl (C=O) groups excluding carboxylic acids is 1. The molecule has 1 fully saturated rings. The fourth-order valence-electron chi connectivity index (χ4n) is 3.89. The van der Waals surface area contributed by atoms with Gasteiger partial charge in [0.2, 0.25) is 5.91 Å². The molecule has 1 amide bonds. The predicted octanol–water partition coefficient (Wildman–Crippen LogP) is 2.40. The van der Waals surface area contributed by atoms with Gasteiger partial charge in [-0.3, -0.25) is 19.3 Å². The summed E-state index contributed by atoms with van der Waals surface area (Å²) in [5.41, 5.74) is 3.11. The fourth-order valence-corrected chi connectivity index (χ4v) is 3.89. The van der Waals surface area contributed by atoms with E-state index in [1.165, 1.54) is 6.07 Å². The number of pyridine rings is 1. The van der Waals surface area contributed by atoms with Gasteiger partial charge in [-0.2, -0.15) is 5.10 Å². The van der Waals surface area contributed by atoms with Gasteiger partial charge in [-0.15, -0.1) is 0 Å². The van der Waals surface area contributed by atoms with Crippen molar-refractivity contribution in [2.24, 2.45) is 0 Å². The van der Waals surface area contributed by atoms with Gasteiger partial charge in [0.25, 0.3) is 5.56 Å². The van der Waals surface area contributed by atoms with Gasteiger partial charge in [-0.25, -0.2) is 4.98 Å². The molecule has 8 heteroatoms. The highest BCUT2D eigenvalue weighted by Crippen LogP contribution is 2.31. The Balaban J connectivity index is 1.53. The molecule has 1 aliphatic heterocycles. The summed E-state index contributed by atoms with van der Waals surface area (Å²) in [6.07, 6.45) is 5.39. The predicted molar refractivity (Wildman–Crippen MR) is 108 cm³/mol. The van der Waals surface area contributed by atoms with Crippen molar-refractivity contribution in [3.8, 4) is 11.3 Å². The molecule has 0 saturated carbocycles. The number of aryl methyl sites for hydroxylation is 3. The summed E-state index contributed by atoms with van der Waals surface area (Å²) in [5.74, 6) is 0.586. The molecule has 3 aromatic heterocycles. The van der Waals surface area contributed by atoms with Gasteiger partial charge in [-0.1, -0.05) is 0 Å². The molecule has 0 bridgehead atoms. The number of H-pyrrole nitrogens is 1. The van der Waals surface area contributed by atoms with Crippen molar-refractivity contribution in [3.05, 3.63) is 64.2 Å². The molecule has 0 spiro atoms. The Morgan fingerprint density at radius 2 is 2.17 bits per heavy atom. The van der Waals surface area contributed by atoms with Gasteiger partial charge in [0.05, 0.1) is 17.4 Å². The van der Waals surface area contributed by atoms with Crippen LogP contribution in [0.5, 0.6) is 0 Å². The van der Waals surface area contributed by atoms with Crippen LogP contribution in [0.3, 0.4) is 0 Å². The third-order valence-electron chi connectivity index (χ3n) is 5.25. The smallest absolute Gasteiger partial charge is 0.251 e. The molecule has 1 N–H and O–H groups in total. The van der Waals surface area contributed by atoms with Crippen molar-refractivity contribution in [2.75, 3.05) is 6.54 Å². The number of nitrogens with one attached hydrogen (secondary N) is 1. The lowest BCUT2D eigenvalue weighted by atomic mass is 10.1. The number of aromatic amines is 1. The Morgan fingerprint density at radius 3 is 2.90 bits per heavy atom. The van der Waals surface area contributed by atoms with Gasteiger partial charge < -0.3 is 9.88 Å². The van der Waals surface area contributed by atoms with Crippen molar-refractivity contribution in [3.63, 3.8) is 0 Å². The summed E-state index contributed by atoms with van der Waals surface area (Å²) in [4.78, 5) is 38.6. The summed E-state index contributed by atoms with van der Waals surface area (Å²) in [7, 11) is 0. The van der Waals surface area contributed by atoms with Crippen LogP contribution in [0.1, 0.15) is 42.5 Å². The monoisotopic (exact) mass is 392 g/mol.